The zero-order chi connectivity index (χ0) is 14.8. The molecule has 0 spiro atoms. The number of rotatable bonds is 3. The van der Waals surface area contributed by atoms with E-state index in [0.29, 0.717) is 10.0 Å². The molecule has 0 aliphatic carbocycles. The Morgan fingerprint density at radius 2 is 1.81 bits per heavy atom. The summed E-state index contributed by atoms with van der Waals surface area (Å²) < 4.78 is 3.14. The van der Waals surface area contributed by atoms with Gasteiger partial charge in [0, 0.05) is 39.0 Å². The molecule has 1 heterocycles. The van der Waals surface area contributed by atoms with E-state index in [1.807, 2.05) is 30.5 Å². The van der Waals surface area contributed by atoms with Gasteiger partial charge in [0.25, 0.3) is 0 Å². The van der Waals surface area contributed by atoms with Crippen LogP contribution in [0.5, 0.6) is 0 Å². The van der Waals surface area contributed by atoms with Crippen LogP contribution in [0.15, 0.2) is 59.3 Å². The number of nitrogens with zero attached hydrogens (tertiary/aromatic N) is 2. The van der Waals surface area contributed by atoms with Gasteiger partial charge < -0.3 is 4.57 Å². The molecule has 21 heavy (non-hydrogen) atoms. The third kappa shape index (κ3) is 3.49. The van der Waals surface area contributed by atoms with Crippen molar-refractivity contribution in [2.24, 2.45) is 0 Å². The molecule has 3 rings (SSSR count). The van der Waals surface area contributed by atoms with E-state index in [2.05, 4.69) is 37.6 Å². The molecule has 0 saturated heterocycles. The summed E-state index contributed by atoms with van der Waals surface area (Å²) in [7, 11) is 0. The molecule has 0 saturated carbocycles. The van der Waals surface area contributed by atoms with Crippen LogP contribution in [0.4, 0.5) is 0 Å². The molecule has 0 aliphatic heterocycles. The minimum atomic E-state index is 0.606. The Hall–Kier alpha value is -1.29. The number of imidazole rings is 1. The lowest BCUT2D eigenvalue weighted by atomic mass is 10.2. The van der Waals surface area contributed by atoms with Gasteiger partial charge in [0.15, 0.2) is 0 Å². The second-order valence-electron chi connectivity index (χ2n) is 4.67. The predicted molar refractivity (Wildman–Crippen MR) is 90.9 cm³/mol. The quantitative estimate of drug-likeness (QED) is 0.571. The minimum Gasteiger partial charge on any atom is -0.327 e. The van der Waals surface area contributed by atoms with E-state index >= 15 is 0 Å². The Labute approximate surface area is 141 Å². The molecule has 0 N–H and O–H groups in total. The molecular weight excluding hydrogens is 371 g/mol. The Morgan fingerprint density at radius 3 is 2.52 bits per heavy atom. The normalized spacial score (nSPS) is 10.8. The maximum atomic E-state index is 6.07. The Bertz CT molecular complexity index is 763. The van der Waals surface area contributed by atoms with E-state index in [1.165, 1.54) is 5.56 Å². The summed E-state index contributed by atoms with van der Waals surface area (Å²) >= 11 is 15.6. The molecule has 0 atom stereocenters. The van der Waals surface area contributed by atoms with Gasteiger partial charge in [-0.2, -0.15) is 0 Å². The smallest absolute Gasteiger partial charge is 0.140 e. The molecule has 1 aromatic heterocycles. The predicted octanol–water partition coefficient (Wildman–Crippen LogP) is 5.67. The summed E-state index contributed by atoms with van der Waals surface area (Å²) in [5.74, 6) is 0.847. The van der Waals surface area contributed by atoms with E-state index < -0.39 is 0 Å². The van der Waals surface area contributed by atoms with Crippen molar-refractivity contribution in [3.63, 3.8) is 0 Å². The molecule has 0 unspecified atom stereocenters. The van der Waals surface area contributed by atoms with Crippen molar-refractivity contribution >= 4 is 39.1 Å². The van der Waals surface area contributed by atoms with Gasteiger partial charge in [0.05, 0.1) is 0 Å². The topological polar surface area (TPSA) is 17.8 Å². The Kier molecular flexibility index (Phi) is 4.34. The van der Waals surface area contributed by atoms with Crippen LogP contribution in [-0.4, -0.2) is 9.55 Å². The first-order chi connectivity index (χ1) is 10.1. The SMILES string of the molecule is Clc1cc(Cl)cc(-c2nccn2Cc2cccc(Br)c2)c1. The van der Waals surface area contributed by atoms with Crippen molar-refractivity contribution in [1.29, 1.82) is 0 Å². The highest BCUT2D eigenvalue weighted by atomic mass is 79.9. The lowest BCUT2D eigenvalue weighted by Gasteiger charge is -2.09. The lowest BCUT2D eigenvalue weighted by Crippen LogP contribution is -2.01. The number of halogens is 3. The monoisotopic (exact) mass is 380 g/mol. The molecule has 3 aromatic rings. The van der Waals surface area contributed by atoms with Gasteiger partial charge in [0.2, 0.25) is 0 Å². The average Bonchev–Trinajstić information content (AvgIpc) is 2.85. The van der Waals surface area contributed by atoms with Gasteiger partial charge in [-0.3, -0.25) is 0 Å². The van der Waals surface area contributed by atoms with Crippen molar-refractivity contribution in [3.05, 3.63) is 74.9 Å². The van der Waals surface area contributed by atoms with Crippen molar-refractivity contribution in [3.8, 4) is 11.4 Å². The molecule has 0 aliphatic rings. The summed E-state index contributed by atoms with van der Waals surface area (Å²) in [6, 6.07) is 13.7. The second kappa shape index (κ2) is 6.22. The highest BCUT2D eigenvalue weighted by molar-refractivity contribution is 9.10. The van der Waals surface area contributed by atoms with Crippen LogP contribution < -0.4 is 0 Å². The molecule has 0 bridgehead atoms. The first kappa shape index (κ1) is 14.6. The maximum absolute atomic E-state index is 6.07. The minimum absolute atomic E-state index is 0.606. The largest absolute Gasteiger partial charge is 0.327 e. The van der Waals surface area contributed by atoms with Crippen LogP contribution in [0.3, 0.4) is 0 Å². The van der Waals surface area contributed by atoms with Crippen LogP contribution in [-0.2, 0) is 6.54 Å². The standard InChI is InChI=1S/C16H11BrCl2N2/c17-13-3-1-2-11(6-13)10-21-5-4-20-16(21)12-7-14(18)9-15(19)8-12/h1-9H,10H2. The van der Waals surface area contributed by atoms with Crippen LogP contribution >= 0.6 is 39.1 Å². The molecule has 0 radical (unpaired) electrons. The first-order valence-corrected chi connectivity index (χ1v) is 7.89. The van der Waals surface area contributed by atoms with Crippen LogP contribution in [0, 0.1) is 0 Å². The summed E-state index contributed by atoms with van der Waals surface area (Å²) in [5, 5.41) is 1.21. The van der Waals surface area contributed by atoms with Gasteiger partial charge in [-0.05, 0) is 35.9 Å². The summed E-state index contributed by atoms with van der Waals surface area (Å²) in [6.45, 7) is 0.735. The van der Waals surface area contributed by atoms with Crippen molar-refractivity contribution in [2.45, 2.75) is 6.54 Å². The fourth-order valence-electron chi connectivity index (χ4n) is 2.21. The van der Waals surface area contributed by atoms with Gasteiger partial charge in [-0.25, -0.2) is 4.98 Å². The van der Waals surface area contributed by atoms with Gasteiger partial charge >= 0.3 is 0 Å². The third-order valence-electron chi connectivity index (χ3n) is 3.08. The van der Waals surface area contributed by atoms with Crippen molar-refractivity contribution in [1.82, 2.24) is 9.55 Å². The Balaban J connectivity index is 1.97. The maximum Gasteiger partial charge on any atom is 0.140 e. The summed E-state index contributed by atoms with van der Waals surface area (Å²) in [4.78, 5) is 4.42. The second-order valence-corrected chi connectivity index (χ2v) is 6.46. The van der Waals surface area contributed by atoms with E-state index in [0.717, 1.165) is 22.4 Å². The van der Waals surface area contributed by atoms with Crippen LogP contribution in [0.2, 0.25) is 10.0 Å². The highest BCUT2D eigenvalue weighted by Crippen LogP contribution is 2.26. The molecule has 5 heteroatoms. The van der Waals surface area contributed by atoms with E-state index in [4.69, 9.17) is 23.2 Å². The van der Waals surface area contributed by atoms with E-state index in [1.54, 1.807) is 12.3 Å². The molecule has 2 nitrogen and oxygen atoms in total. The zero-order valence-electron chi connectivity index (χ0n) is 10.9. The van der Waals surface area contributed by atoms with Gasteiger partial charge in [0.1, 0.15) is 5.82 Å². The van der Waals surface area contributed by atoms with Gasteiger partial charge in [-0.1, -0.05) is 51.3 Å². The number of benzene rings is 2. The molecule has 0 amide bonds. The van der Waals surface area contributed by atoms with E-state index in [-0.39, 0.29) is 0 Å². The van der Waals surface area contributed by atoms with Crippen LogP contribution in [0.25, 0.3) is 11.4 Å². The summed E-state index contributed by atoms with van der Waals surface area (Å²) in [5.41, 5.74) is 2.10. The lowest BCUT2D eigenvalue weighted by molar-refractivity contribution is 0.806. The number of hydrogen-bond donors (Lipinski definition) is 0. The first-order valence-electron chi connectivity index (χ1n) is 6.34. The third-order valence-corrected chi connectivity index (χ3v) is 4.01. The molecule has 106 valence electrons. The Morgan fingerprint density at radius 1 is 1.05 bits per heavy atom. The zero-order valence-corrected chi connectivity index (χ0v) is 14.0. The van der Waals surface area contributed by atoms with E-state index in [9.17, 15) is 0 Å². The van der Waals surface area contributed by atoms with Crippen molar-refractivity contribution in [2.75, 3.05) is 0 Å². The average molecular weight is 382 g/mol. The fourth-order valence-corrected chi connectivity index (χ4v) is 3.18. The number of hydrogen-bond acceptors (Lipinski definition) is 1. The summed E-state index contributed by atoms with van der Waals surface area (Å²) in [6.07, 6.45) is 3.73. The highest BCUT2D eigenvalue weighted by Gasteiger charge is 2.08. The van der Waals surface area contributed by atoms with Crippen LogP contribution in [0.1, 0.15) is 5.56 Å². The molecule has 0 fully saturated rings. The fraction of sp³-hybridized carbons (Fsp3) is 0.0625. The number of aromatic nitrogens is 2. The molecule has 2 aromatic carbocycles. The van der Waals surface area contributed by atoms with Crippen molar-refractivity contribution < 1.29 is 0 Å². The molecular formula is C16H11BrCl2N2. The van der Waals surface area contributed by atoms with Gasteiger partial charge in [-0.15, -0.1) is 0 Å².